The van der Waals surface area contributed by atoms with Crippen LogP contribution in [0.5, 0.6) is 5.75 Å². The molecular weight excluding hydrogens is 286 g/mol. The summed E-state index contributed by atoms with van der Waals surface area (Å²) in [5.74, 6) is 7.68. The number of methoxy groups -OCH3 is 1. The third kappa shape index (κ3) is 4.13. The first kappa shape index (κ1) is 15.6. The first-order valence-electron chi connectivity index (χ1n) is 7.99. The molecular formula is C20H22NO2+. The van der Waals surface area contributed by atoms with E-state index >= 15 is 0 Å². The summed E-state index contributed by atoms with van der Waals surface area (Å²) in [6.07, 6.45) is 0. The molecule has 0 aliphatic carbocycles. The lowest BCUT2D eigenvalue weighted by Crippen LogP contribution is -3.14. The minimum absolute atomic E-state index is 0.157. The number of ether oxygens (including phenoxy) is 2. The van der Waals surface area contributed by atoms with Crippen molar-refractivity contribution in [3.63, 3.8) is 0 Å². The molecule has 118 valence electrons. The zero-order chi connectivity index (χ0) is 15.9. The SMILES string of the molecule is COc1ccc([C@H](C#Cc2ccccc2)[NH+]2CCOCC2)cc1. The number of hydrogen-bond acceptors (Lipinski definition) is 2. The van der Waals surface area contributed by atoms with Gasteiger partial charge in [-0.1, -0.05) is 24.1 Å². The van der Waals surface area contributed by atoms with E-state index in [1.165, 1.54) is 10.5 Å². The maximum atomic E-state index is 5.50. The van der Waals surface area contributed by atoms with Gasteiger partial charge in [-0.3, -0.25) is 0 Å². The summed E-state index contributed by atoms with van der Waals surface area (Å²) in [5, 5.41) is 0. The van der Waals surface area contributed by atoms with E-state index in [1.807, 2.05) is 42.5 Å². The molecule has 1 saturated heterocycles. The molecule has 1 atom stereocenters. The Labute approximate surface area is 137 Å². The molecule has 1 aliphatic heterocycles. The maximum absolute atomic E-state index is 5.50. The van der Waals surface area contributed by atoms with Gasteiger partial charge in [0, 0.05) is 11.1 Å². The van der Waals surface area contributed by atoms with Crippen LogP contribution in [-0.4, -0.2) is 33.4 Å². The average molecular weight is 308 g/mol. The summed E-state index contributed by atoms with van der Waals surface area (Å²) >= 11 is 0. The van der Waals surface area contributed by atoms with Crippen molar-refractivity contribution in [1.29, 1.82) is 0 Å². The van der Waals surface area contributed by atoms with Gasteiger partial charge >= 0.3 is 0 Å². The van der Waals surface area contributed by atoms with Crippen LogP contribution in [0.25, 0.3) is 0 Å². The number of rotatable bonds is 3. The molecule has 2 aromatic carbocycles. The number of hydrogen-bond donors (Lipinski definition) is 1. The van der Waals surface area contributed by atoms with Crippen molar-refractivity contribution in [1.82, 2.24) is 0 Å². The van der Waals surface area contributed by atoms with Crippen LogP contribution >= 0.6 is 0 Å². The van der Waals surface area contributed by atoms with E-state index in [0.717, 1.165) is 37.6 Å². The standard InChI is InChI=1S/C20H21NO2/c1-22-19-10-8-18(9-11-19)20(21-13-15-23-16-14-21)12-7-17-5-3-2-4-6-17/h2-6,8-11,20H,13-16H2,1H3/p+1/t20-/m0/s1. The highest BCUT2D eigenvalue weighted by atomic mass is 16.5. The predicted molar refractivity (Wildman–Crippen MR) is 90.6 cm³/mol. The van der Waals surface area contributed by atoms with Gasteiger partial charge in [0.1, 0.15) is 18.8 Å². The van der Waals surface area contributed by atoms with Gasteiger partial charge in [-0.2, -0.15) is 0 Å². The van der Waals surface area contributed by atoms with Crippen molar-refractivity contribution in [2.75, 3.05) is 33.4 Å². The van der Waals surface area contributed by atoms with Crippen molar-refractivity contribution >= 4 is 0 Å². The molecule has 1 heterocycles. The molecule has 0 amide bonds. The van der Waals surface area contributed by atoms with Gasteiger partial charge in [0.2, 0.25) is 0 Å². The molecule has 23 heavy (non-hydrogen) atoms. The molecule has 0 bridgehead atoms. The van der Waals surface area contributed by atoms with Gasteiger partial charge < -0.3 is 14.4 Å². The average Bonchev–Trinajstić information content (AvgIpc) is 2.64. The lowest BCUT2D eigenvalue weighted by atomic mass is 10.0. The summed E-state index contributed by atoms with van der Waals surface area (Å²) in [6.45, 7) is 3.57. The molecule has 0 spiro atoms. The summed E-state index contributed by atoms with van der Waals surface area (Å²) in [4.78, 5) is 1.46. The fourth-order valence-electron chi connectivity index (χ4n) is 2.82. The molecule has 0 saturated carbocycles. The van der Waals surface area contributed by atoms with E-state index < -0.39 is 0 Å². The third-order valence-electron chi connectivity index (χ3n) is 4.13. The van der Waals surface area contributed by atoms with Gasteiger partial charge in [-0.15, -0.1) is 0 Å². The van der Waals surface area contributed by atoms with Crippen molar-refractivity contribution in [2.24, 2.45) is 0 Å². The highest BCUT2D eigenvalue weighted by molar-refractivity contribution is 5.37. The quantitative estimate of drug-likeness (QED) is 0.872. The Hall–Kier alpha value is -2.28. The Kier molecular flexibility index (Phi) is 5.31. The molecule has 0 radical (unpaired) electrons. The molecule has 0 aromatic heterocycles. The largest absolute Gasteiger partial charge is 0.497 e. The van der Waals surface area contributed by atoms with Crippen molar-refractivity contribution < 1.29 is 14.4 Å². The highest BCUT2D eigenvalue weighted by Gasteiger charge is 2.24. The minimum atomic E-state index is 0.157. The zero-order valence-corrected chi connectivity index (χ0v) is 13.4. The number of benzene rings is 2. The van der Waals surface area contributed by atoms with Crippen LogP contribution in [0.1, 0.15) is 17.2 Å². The monoisotopic (exact) mass is 308 g/mol. The normalized spacial score (nSPS) is 16.2. The molecule has 3 rings (SSSR count). The second-order valence-corrected chi connectivity index (χ2v) is 5.61. The van der Waals surface area contributed by atoms with Gasteiger partial charge in [-0.05, 0) is 42.3 Å². The molecule has 3 nitrogen and oxygen atoms in total. The number of nitrogens with one attached hydrogen (secondary N) is 1. The lowest BCUT2D eigenvalue weighted by molar-refractivity contribution is -0.930. The summed E-state index contributed by atoms with van der Waals surface area (Å²) in [6, 6.07) is 18.6. The Morgan fingerprint density at radius 1 is 1.00 bits per heavy atom. The van der Waals surface area contributed by atoms with Crippen LogP contribution in [-0.2, 0) is 4.74 Å². The predicted octanol–water partition coefficient (Wildman–Crippen LogP) is 1.70. The van der Waals surface area contributed by atoms with Crippen LogP contribution < -0.4 is 9.64 Å². The number of quaternary nitrogens is 1. The first-order valence-corrected chi connectivity index (χ1v) is 7.99. The van der Waals surface area contributed by atoms with Crippen LogP contribution in [0.3, 0.4) is 0 Å². The maximum Gasteiger partial charge on any atom is 0.175 e. The van der Waals surface area contributed by atoms with Crippen molar-refractivity contribution in [2.45, 2.75) is 6.04 Å². The van der Waals surface area contributed by atoms with Crippen LogP contribution in [0.2, 0.25) is 0 Å². The summed E-state index contributed by atoms with van der Waals surface area (Å²) < 4.78 is 10.8. The summed E-state index contributed by atoms with van der Waals surface area (Å²) in [5.41, 5.74) is 2.28. The lowest BCUT2D eigenvalue weighted by Gasteiger charge is -2.28. The van der Waals surface area contributed by atoms with Gasteiger partial charge in [0.25, 0.3) is 0 Å². The Morgan fingerprint density at radius 2 is 1.70 bits per heavy atom. The Bertz CT molecular complexity index is 664. The minimum Gasteiger partial charge on any atom is -0.497 e. The van der Waals surface area contributed by atoms with Crippen LogP contribution in [0.4, 0.5) is 0 Å². The molecule has 1 aliphatic rings. The fourth-order valence-corrected chi connectivity index (χ4v) is 2.82. The molecule has 2 aromatic rings. The molecule has 1 N–H and O–H groups in total. The zero-order valence-electron chi connectivity index (χ0n) is 13.4. The Balaban J connectivity index is 1.88. The molecule has 0 unspecified atom stereocenters. The van der Waals surface area contributed by atoms with Crippen LogP contribution in [0.15, 0.2) is 54.6 Å². The second-order valence-electron chi connectivity index (χ2n) is 5.61. The van der Waals surface area contributed by atoms with E-state index in [2.05, 4.69) is 24.0 Å². The van der Waals surface area contributed by atoms with Gasteiger partial charge in [0.15, 0.2) is 6.04 Å². The van der Waals surface area contributed by atoms with Gasteiger partial charge in [-0.25, -0.2) is 0 Å². The smallest absolute Gasteiger partial charge is 0.175 e. The molecule has 1 fully saturated rings. The topological polar surface area (TPSA) is 22.9 Å². The third-order valence-corrected chi connectivity index (χ3v) is 4.13. The van der Waals surface area contributed by atoms with E-state index in [0.29, 0.717) is 0 Å². The van der Waals surface area contributed by atoms with Crippen LogP contribution in [0, 0.1) is 11.8 Å². The van der Waals surface area contributed by atoms with Gasteiger partial charge in [0.05, 0.1) is 20.3 Å². The van der Waals surface area contributed by atoms with E-state index in [9.17, 15) is 0 Å². The Morgan fingerprint density at radius 3 is 2.35 bits per heavy atom. The number of morpholine rings is 1. The van der Waals surface area contributed by atoms with E-state index in [1.54, 1.807) is 7.11 Å². The first-order chi connectivity index (χ1) is 11.4. The van der Waals surface area contributed by atoms with Crippen molar-refractivity contribution in [3.8, 4) is 17.6 Å². The van der Waals surface area contributed by atoms with E-state index in [4.69, 9.17) is 9.47 Å². The highest BCUT2D eigenvalue weighted by Crippen LogP contribution is 2.16. The second kappa shape index (κ2) is 7.82. The van der Waals surface area contributed by atoms with E-state index in [-0.39, 0.29) is 6.04 Å². The summed E-state index contributed by atoms with van der Waals surface area (Å²) in [7, 11) is 1.69. The molecule has 3 heteroatoms. The fraction of sp³-hybridized carbons (Fsp3) is 0.300. The van der Waals surface area contributed by atoms with Crippen molar-refractivity contribution in [3.05, 3.63) is 65.7 Å².